The first-order chi connectivity index (χ1) is 19.2. The molecule has 2 aromatic rings. The molecule has 1 aromatic heterocycles. The standard InChI is InChI=1S/C30H48N8O/c31-28-20-29(38-14-12-37(13-15-38)16-17-39)36-30(35-28)34-22-24-8-6-23(7-9-24)21-32-10-3-11-33-27-18-25-4-1-2-5-26(25)19-27/h1-2,4-5,20,23-24,27,32-33,39H,3,6-19,21-22H2,(H3,31,34,35,36). The first-order valence-corrected chi connectivity index (χ1v) is 15.1. The molecule has 2 aliphatic carbocycles. The maximum absolute atomic E-state index is 9.17. The Kier molecular flexibility index (Phi) is 10.3. The number of nitrogens with zero attached hydrogens (tertiary/aromatic N) is 4. The van der Waals surface area contributed by atoms with Crippen LogP contribution in [0.5, 0.6) is 0 Å². The van der Waals surface area contributed by atoms with Crippen molar-refractivity contribution >= 4 is 17.6 Å². The molecule has 0 atom stereocenters. The number of anilines is 3. The number of rotatable bonds is 13. The minimum atomic E-state index is 0.210. The zero-order chi connectivity index (χ0) is 26.9. The van der Waals surface area contributed by atoms with Gasteiger partial charge in [-0.1, -0.05) is 24.3 Å². The van der Waals surface area contributed by atoms with Gasteiger partial charge in [-0.2, -0.15) is 9.97 Å². The summed E-state index contributed by atoms with van der Waals surface area (Å²) in [6, 6.07) is 11.3. The van der Waals surface area contributed by atoms with Gasteiger partial charge in [0.15, 0.2) is 0 Å². The van der Waals surface area contributed by atoms with Crippen LogP contribution >= 0.6 is 0 Å². The number of aromatic nitrogens is 2. The van der Waals surface area contributed by atoms with Gasteiger partial charge < -0.3 is 31.7 Å². The Bertz CT molecular complexity index is 995. The Labute approximate surface area is 234 Å². The van der Waals surface area contributed by atoms with Gasteiger partial charge in [0, 0.05) is 51.4 Å². The third-order valence-corrected chi connectivity index (χ3v) is 8.81. The maximum atomic E-state index is 9.17. The fourth-order valence-electron chi connectivity index (χ4n) is 6.44. The number of hydrogen-bond donors (Lipinski definition) is 5. The highest BCUT2D eigenvalue weighted by Gasteiger charge is 2.23. The van der Waals surface area contributed by atoms with Crippen molar-refractivity contribution in [1.29, 1.82) is 0 Å². The van der Waals surface area contributed by atoms with Gasteiger partial charge in [-0.25, -0.2) is 0 Å². The summed E-state index contributed by atoms with van der Waals surface area (Å²) in [6.45, 7) is 8.82. The first-order valence-electron chi connectivity index (χ1n) is 15.1. The largest absolute Gasteiger partial charge is 0.395 e. The number of aliphatic hydroxyl groups is 1. The molecule has 1 saturated heterocycles. The summed E-state index contributed by atoms with van der Waals surface area (Å²) in [4.78, 5) is 13.8. The van der Waals surface area contributed by atoms with E-state index < -0.39 is 0 Å². The van der Waals surface area contributed by atoms with Crippen molar-refractivity contribution in [2.75, 3.05) is 81.5 Å². The fourth-order valence-corrected chi connectivity index (χ4v) is 6.44. The van der Waals surface area contributed by atoms with Crippen LogP contribution < -0.4 is 26.6 Å². The van der Waals surface area contributed by atoms with Crippen molar-refractivity contribution in [2.24, 2.45) is 11.8 Å². The molecule has 5 rings (SSSR count). The molecule has 39 heavy (non-hydrogen) atoms. The number of nitrogens with one attached hydrogen (secondary N) is 3. The van der Waals surface area contributed by atoms with Crippen molar-refractivity contribution in [2.45, 2.75) is 51.0 Å². The lowest BCUT2D eigenvalue weighted by Crippen LogP contribution is -2.47. The van der Waals surface area contributed by atoms with Crippen LogP contribution in [-0.4, -0.2) is 91.5 Å². The van der Waals surface area contributed by atoms with Crippen LogP contribution in [0, 0.1) is 11.8 Å². The lowest BCUT2D eigenvalue weighted by Gasteiger charge is -2.35. The smallest absolute Gasteiger partial charge is 0.226 e. The minimum absolute atomic E-state index is 0.210. The van der Waals surface area contributed by atoms with Gasteiger partial charge in [-0.05, 0) is 87.5 Å². The van der Waals surface area contributed by atoms with E-state index in [4.69, 9.17) is 15.8 Å². The van der Waals surface area contributed by atoms with Crippen LogP contribution in [0.4, 0.5) is 17.6 Å². The molecule has 1 aromatic carbocycles. The molecule has 2 heterocycles. The SMILES string of the molecule is Nc1cc(N2CCN(CCO)CC2)nc(NCC2CCC(CNCCCNC3Cc4ccccc4C3)CC2)n1. The van der Waals surface area contributed by atoms with Crippen LogP contribution in [0.1, 0.15) is 43.2 Å². The first kappa shape index (κ1) is 28.1. The monoisotopic (exact) mass is 536 g/mol. The molecule has 6 N–H and O–H groups in total. The average Bonchev–Trinajstić information content (AvgIpc) is 3.38. The second-order valence-electron chi connectivity index (χ2n) is 11.7. The molecule has 1 saturated carbocycles. The van der Waals surface area contributed by atoms with E-state index in [-0.39, 0.29) is 6.61 Å². The van der Waals surface area contributed by atoms with E-state index in [1.54, 1.807) is 0 Å². The Morgan fingerprint density at radius 1 is 0.897 bits per heavy atom. The molecule has 1 aliphatic heterocycles. The molecule has 0 amide bonds. The van der Waals surface area contributed by atoms with Gasteiger partial charge in [-0.3, -0.25) is 4.90 Å². The summed E-state index contributed by atoms with van der Waals surface area (Å²) in [5.74, 6) is 3.50. The molecule has 3 aliphatic rings. The third-order valence-electron chi connectivity index (χ3n) is 8.81. The summed E-state index contributed by atoms with van der Waals surface area (Å²) in [6.07, 6.45) is 8.63. The van der Waals surface area contributed by atoms with Crippen molar-refractivity contribution in [3.63, 3.8) is 0 Å². The lowest BCUT2D eigenvalue weighted by atomic mass is 9.82. The van der Waals surface area contributed by atoms with E-state index in [1.807, 2.05) is 6.07 Å². The zero-order valence-corrected chi connectivity index (χ0v) is 23.5. The minimum Gasteiger partial charge on any atom is -0.395 e. The summed E-state index contributed by atoms with van der Waals surface area (Å²) in [5, 5.41) is 20.1. The molecular formula is C30H48N8O. The molecule has 0 spiro atoms. The van der Waals surface area contributed by atoms with Gasteiger partial charge in [0.25, 0.3) is 0 Å². The molecule has 9 nitrogen and oxygen atoms in total. The number of hydrogen-bond acceptors (Lipinski definition) is 9. The Balaban J connectivity index is 0.934. The molecule has 0 radical (unpaired) electrons. The number of nitrogens with two attached hydrogens (primary N) is 1. The normalized spacial score (nSPS) is 22.2. The average molecular weight is 537 g/mol. The summed E-state index contributed by atoms with van der Waals surface area (Å²) < 4.78 is 0. The van der Waals surface area contributed by atoms with Crippen LogP contribution in [0.2, 0.25) is 0 Å². The fraction of sp³-hybridized carbons (Fsp3) is 0.667. The summed E-state index contributed by atoms with van der Waals surface area (Å²) in [7, 11) is 0. The molecule has 0 unspecified atom stereocenters. The van der Waals surface area contributed by atoms with Crippen molar-refractivity contribution in [3.05, 3.63) is 41.5 Å². The van der Waals surface area contributed by atoms with Crippen LogP contribution in [0.25, 0.3) is 0 Å². The van der Waals surface area contributed by atoms with Gasteiger partial charge >= 0.3 is 0 Å². The predicted octanol–water partition coefficient (Wildman–Crippen LogP) is 2.13. The van der Waals surface area contributed by atoms with Crippen molar-refractivity contribution in [1.82, 2.24) is 25.5 Å². The topological polar surface area (TPSA) is 115 Å². The Morgan fingerprint density at radius 2 is 1.59 bits per heavy atom. The third kappa shape index (κ3) is 8.27. The van der Waals surface area contributed by atoms with Crippen LogP contribution in [0.3, 0.4) is 0 Å². The van der Waals surface area contributed by atoms with Crippen molar-refractivity contribution in [3.8, 4) is 0 Å². The van der Waals surface area contributed by atoms with Crippen LogP contribution in [-0.2, 0) is 12.8 Å². The van der Waals surface area contributed by atoms with Gasteiger partial charge in [0.1, 0.15) is 11.6 Å². The zero-order valence-electron chi connectivity index (χ0n) is 23.5. The lowest BCUT2D eigenvalue weighted by molar-refractivity contribution is 0.188. The molecule has 9 heteroatoms. The van der Waals surface area contributed by atoms with E-state index in [9.17, 15) is 0 Å². The number of benzene rings is 1. The summed E-state index contributed by atoms with van der Waals surface area (Å²) in [5.41, 5.74) is 9.17. The van der Waals surface area contributed by atoms with E-state index in [2.05, 4.69) is 55.0 Å². The Hall–Kier alpha value is -2.46. The molecular weight excluding hydrogens is 488 g/mol. The van der Waals surface area contributed by atoms with E-state index in [0.29, 0.717) is 23.7 Å². The van der Waals surface area contributed by atoms with Gasteiger partial charge in [0.05, 0.1) is 6.61 Å². The molecule has 2 fully saturated rings. The van der Waals surface area contributed by atoms with Gasteiger partial charge in [-0.15, -0.1) is 0 Å². The van der Waals surface area contributed by atoms with Crippen LogP contribution in [0.15, 0.2) is 30.3 Å². The number of piperazine rings is 1. The number of aliphatic hydroxyl groups excluding tert-OH is 1. The maximum Gasteiger partial charge on any atom is 0.226 e. The summed E-state index contributed by atoms with van der Waals surface area (Å²) >= 11 is 0. The highest BCUT2D eigenvalue weighted by atomic mass is 16.3. The van der Waals surface area contributed by atoms with E-state index in [1.165, 1.54) is 56.1 Å². The quantitative estimate of drug-likeness (QED) is 0.246. The number of β-amino-alcohol motifs (C(OH)–C–C–N with tert-alkyl or cyclic N) is 1. The number of fused-ring (bicyclic) bond motifs is 1. The second kappa shape index (κ2) is 14.3. The highest BCUT2D eigenvalue weighted by molar-refractivity contribution is 5.52. The molecule has 0 bridgehead atoms. The highest BCUT2D eigenvalue weighted by Crippen LogP contribution is 2.29. The van der Waals surface area contributed by atoms with E-state index in [0.717, 1.165) is 70.6 Å². The second-order valence-corrected chi connectivity index (χ2v) is 11.7. The molecule has 214 valence electrons. The Morgan fingerprint density at radius 3 is 2.28 bits per heavy atom. The van der Waals surface area contributed by atoms with Crippen molar-refractivity contribution < 1.29 is 5.11 Å². The van der Waals surface area contributed by atoms with E-state index >= 15 is 0 Å². The van der Waals surface area contributed by atoms with Gasteiger partial charge in [0.2, 0.25) is 5.95 Å². The predicted molar refractivity (Wildman–Crippen MR) is 159 cm³/mol. The number of nitrogen functional groups attached to an aromatic ring is 1.